The van der Waals surface area contributed by atoms with E-state index in [1.54, 1.807) is 7.11 Å². The van der Waals surface area contributed by atoms with Crippen LogP contribution in [-0.4, -0.2) is 13.2 Å². The van der Waals surface area contributed by atoms with Gasteiger partial charge in [0.1, 0.15) is 5.75 Å². The van der Waals surface area contributed by atoms with Crippen molar-refractivity contribution < 1.29 is 4.74 Å². The highest BCUT2D eigenvalue weighted by Gasteiger charge is 2.52. The summed E-state index contributed by atoms with van der Waals surface area (Å²) in [6.45, 7) is 0.989. The van der Waals surface area contributed by atoms with E-state index in [1.165, 1.54) is 44.1 Å². The van der Waals surface area contributed by atoms with Crippen LogP contribution < -0.4 is 10.1 Å². The summed E-state index contributed by atoms with van der Waals surface area (Å²) in [6.07, 6.45) is 8.93. The molecule has 0 aromatic heterocycles. The maximum Gasteiger partial charge on any atom is 0.119 e. The van der Waals surface area contributed by atoms with Gasteiger partial charge in [0.25, 0.3) is 0 Å². The third-order valence-electron chi connectivity index (χ3n) is 6.38. The summed E-state index contributed by atoms with van der Waals surface area (Å²) in [5.41, 5.74) is 1.34. The molecule has 2 heteroatoms. The summed E-state index contributed by atoms with van der Waals surface area (Å²) in [7, 11) is 1.74. The molecule has 1 aromatic rings. The average Bonchev–Trinajstić information content (AvgIpc) is 3.12. The fourth-order valence-electron chi connectivity index (χ4n) is 5.50. The highest BCUT2D eigenvalue weighted by molar-refractivity contribution is 5.28. The number of rotatable bonds is 4. The lowest BCUT2D eigenvalue weighted by Crippen LogP contribution is -2.41. The number of ether oxygens (including phenoxy) is 1. The van der Waals surface area contributed by atoms with E-state index in [4.69, 9.17) is 4.74 Å². The Morgan fingerprint density at radius 1 is 1.10 bits per heavy atom. The van der Waals surface area contributed by atoms with Crippen LogP contribution in [-0.2, 0) is 6.54 Å². The molecule has 3 aliphatic carbocycles. The smallest absolute Gasteiger partial charge is 0.119 e. The van der Waals surface area contributed by atoms with Crippen molar-refractivity contribution in [1.29, 1.82) is 0 Å². The van der Waals surface area contributed by atoms with E-state index in [1.807, 2.05) is 6.07 Å². The van der Waals surface area contributed by atoms with Crippen LogP contribution in [0.25, 0.3) is 0 Å². The molecule has 1 N–H and O–H groups in total. The average molecular weight is 285 g/mol. The fourth-order valence-corrected chi connectivity index (χ4v) is 5.50. The highest BCUT2D eigenvalue weighted by atomic mass is 16.5. The Labute approximate surface area is 128 Å². The van der Waals surface area contributed by atoms with E-state index in [0.717, 1.165) is 42.0 Å². The van der Waals surface area contributed by atoms with Crippen LogP contribution in [0.3, 0.4) is 0 Å². The molecular formula is C19H27NO. The van der Waals surface area contributed by atoms with Crippen molar-refractivity contribution in [3.05, 3.63) is 29.8 Å². The van der Waals surface area contributed by atoms with Crippen molar-refractivity contribution in [2.45, 2.75) is 51.1 Å². The quantitative estimate of drug-likeness (QED) is 0.903. The molecule has 0 amide bonds. The van der Waals surface area contributed by atoms with Gasteiger partial charge < -0.3 is 10.1 Å². The van der Waals surface area contributed by atoms with Crippen molar-refractivity contribution in [2.75, 3.05) is 7.11 Å². The molecule has 4 rings (SSSR count). The number of hydrogen-bond acceptors (Lipinski definition) is 2. The molecule has 3 saturated carbocycles. The summed E-state index contributed by atoms with van der Waals surface area (Å²) < 4.78 is 5.32. The van der Waals surface area contributed by atoms with Crippen LogP contribution in [0.15, 0.2) is 24.3 Å². The Balaban J connectivity index is 1.38. The lowest BCUT2D eigenvalue weighted by molar-refractivity contribution is 0.129. The Hall–Kier alpha value is -1.02. The molecule has 2 bridgehead atoms. The molecule has 21 heavy (non-hydrogen) atoms. The zero-order valence-electron chi connectivity index (χ0n) is 13.1. The topological polar surface area (TPSA) is 21.3 Å². The van der Waals surface area contributed by atoms with E-state index in [9.17, 15) is 0 Å². The lowest BCUT2D eigenvalue weighted by atomic mass is 9.69. The number of fused-ring (bicyclic) bond motifs is 5. The molecule has 0 saturated heterocycles. The van der Waals surface area contributed by atoms with Crippen molar-refractivity contribution in [3.63, 3.8) is 0 Å². The van der Waals surface area contributed by atoms with Gasteiger partial charge in [-0.2, -0.15) is 0 Å². The first-order valence-electron chi connectivity index (χ1n) is 8.71. The summed E-state index contributed by atoms with van der Waals surface area (Å²) in [4.78, 5) is 0. The molecule has 0 heterocycles. The van der Waals surface area contributed by atoms with E-state index in [-0.39, 0.29) is 0 Å². The van der Waals surface area contributed by atoms with E-state index in [2.05, 4.69) is 23.5 Å². The molecular weight excluding hydrogens is 258 g/mol. The third kappa shape index (κ3) is 2.48. The van der Waals surface area contributed by atoms with Crippen LogP contribution >= 0.6 is 0 Å². The van der Waals surface area contributed by atoms with Gasteiger partial charge in [0.15, 0.2) is 0 Å². The largest absolute Gasteiger partial charge is 0.497 e. The second-order valence-corrected chi connectivity index (χ2v) is 7.35. The molecule has 1 aromatic carbocycles. The Morgan fingerprint density at radius 3 is 2.81 bits per heavy atom. The van der Waals surface area contributed by atoms with Gasteiger partial charge in [-0.3, -0.25) is 0 Å². The standard InChI is InChI=1S/C19H27NO/c1-21-15-6-4-5-13(9-15)12-20-19-11-14-10-18(19)17-8-3-2-7-16(14)17/h4-6,9,14,16-20H,2-3,7-8,10-12H2,1H3/t14?,16-,17-,18?,19-/m1/s1. The molecule has 2 unspecified atom stereocenters. The molecule has 5 atom stereocenters. The van der Waals surface area contributed by atoms with Crippen molar-refractivity contribution in [2.24, 2.45) is 23.7 Å². The maximum atomic E-state index is 5.32. The van der Waals surface area contributed by atoms with Crippen molar-refractivity contribution in [1.82, 2.24) is 5.32 Å². The first-order chi connectivity index (χ1) is 10.3. The molecule has 3 fully saturated rings. The van der Waals surface area contributed by atoms with Crippen LogP contribution in [0.1, 0.15) is 44.1 Å². The van der Waals surface area contributed by atoms with Gasteiger partial charge in [-0.05, 0) is 67.1 Å². The number of nitrogens with one attached hydrogen (secondary N) is 1. The first kappa shape index (κ1) is 13.6. The zero-order valence-corrected chi connectivity index (χ0v) is 13.1. The Morgan fingerprint density at radius 2 is 1.95 bits per heavy atom. The number of hydrogen-bond donors (Lipinski definition) is 1. The molecule has 0 aliphatic heterocycles. The summed E-state index contributed by atoms with van der Waals surface area (Å²) in [6, 6.07) is 9.23. The van der Waals surface area contributed by atoms with Crippen LogP contribution in [0.4, 0.5) is 0 Å². The maximum absolute atomic E-state index is 5.32. The minimum absolute atomic E-state index is 0.764. The van der Waals surface area contributed by atoms with Gasteiger partial charge in [-0.1, -0.05) is 25.0 Å². The van der Waals surface area contributed by atoms with Gasteiger partial charge >= 0.3 is 0 Å². The van der Waals surface area contributed by atoms with E-state index in [0.29, 0.717) is 0 Å². The first-order valence-corrected chi connectivity index (χ1v) is 8.71. The van der Waals surface area contributed by atoms with E-state index < -0.39 is 0 Å². The summed E-state index contributed by atoms with van der Waals surface area (Å²) in [5, 5.41) is 3.86. The van der Waals surface area contributed by atoms with E-state index >= 15 is 0 Å². The third-order valence-corrected chi connectivity index (χ3v) is 6.38. The van der Waals surface area contributed by atoms with Crippen molar-refractivity contribution >= 4 is 0 Å². The van der Waals surface area contributed by atoms with Crippen LogP contribution in [0.5, 0.6) is 5.75 Å². The molecule has 2 nitrogen and oxygen atoms in total. The second-order valence-electron chi connectivity index (χ2n) is 7.35. The summed E-state index contributed by atoms with van der Waals surface area (Å²) in [5.74, 6) is 5.09. The number of benzene rings is 1. The zero-order chi connectivity index (χ0) is 14.2. The SMILES string of the molecule is COc1cccc(CN[C@@H]2CC3CC2[C@@H]2CCCC[C@H]32)c1. The lowest BCUT2D eigenvalue weighted by Gasteiger charge is -2.39. The minimum Gasteiger partial charge on any atom is -0.497 e. The predicted molar refractivity (Wildman–Crippen MR) is 85.3 cm³/mol. The van der Waals surface area contributed by atoms with Gasteiger partial charge in [0.2, 0.25) is 0 Å². The summed E-state index contributed by atoms with van der Waals surface area (Å²) >= 11 is 0. The minimum atomic E-state index is 0.764. The fraction of sp³-hybridized carbons (Fsp3) is 0.684. The van der Waals surface area contributed by atoms with Crippen molar-refractivity contribution in [3.8, 4) is 5.75 Å². The normalized spacial score (nSPS) is 37.5. The van der Waals surface area contributed by atoms with Gasteiger partial charge in [0.05, 0.1) is 7.11 Å². The van der Waals surface area contributed by atoms with Crippen LogP contribution in [0, 0.1) is 23.7 Å². The Bertz CT molecular complexity index is 500. The van der Waals surface area contributed by atoms with Gasteiger partial charge in [-0.15, -0.1) is 0 Å². The monoisotopic (exact) mass is 285 g/mol. The number of methoxy groups -OCH3 is 1. The molecule has 0 radical (unpaired) electrons. The molecule has 3 aliphatic rings. The van der Waals surface area contributed by atoms with Gasteiger partial charge in [-0.25, -0.2) is 0 Å². The predicted octanol–water partition coefficient (Wildman–Crippen LogP) is 4.00. The molecule has 114 valence electrons. The second kappa shape index (κ2) is 5.64. The van der Waals surface area contributed by atoms with Crippen LogP contribution in [0.2, 0.25) is 0 Å². The molecule has 0 spiro atoms. The Kier molecular flexibility index (Phi) is 3.66. The highest BCUT2D eigenvalue weighted by Crippen LogP contribution is 2.57. The van der Waals surface area contributed by atoms with Gasteiger partial charge in [0, 0.05) is 12.6 Å².